The van der Waals surface area contributed by atoms with Gasteiger partial charge in [0, 0.05) is 19.7 Å². The van der Waals surface area contributed by atoms with Crippen LogP contribution in [0.25, 0.3) is 0 Å². The van der Waals surface area contributed by atoms with Crippen LogP contribution in [0.2, 0.25) is 0 Å². The maximum absolute atomic E-state index is 5.91. The molecule has 0 bridgehead atoms. The molecule has 0 aliphatic carbocycles. The molecule has 1 aliphatic rings. The molecule has 2 aromatic heterocycles. The van der Waals surface area contributed by atoms with Gasteiger partial charge in [0.1, 0.15) is 11.4 Å². The molecule has 0 aromatic carbocycles. The Balaban J connectivity index is 1.90. The predicted molar refractivity (Wildman–Crippen MR) is 83.6 cm³/mol. The first-order valence-electron chi connectivity index (χ1n) is 7.84. The molecule has 0 saturated carbocycles. The topological polar surface area (TPSA) is 56.3 Å². The second-order valence-electron chi connectivity index (χ2n) is 6.37. The quantitative estimate of drug-likeness (QED) is 0.850. The summed E-state index contributed by atoms with van der Waals surface area (Å²) in [5, 5.41) is 8.84. The fourth-order valence-corrected chi connectivity index (χ4v) is 3.04. The Hall–Kier alpha value is -1.82. The summed E-state index contributed by atoms with van der Waals surface area (Å²) >= 11 is 0. The summed E-state index contributed by atoms with van der Waals surface area (Å²) in [6, 6.07) is 4.18. The van der Waals surface area contributed by atoms with Crippen LogP contribution in [0, 0.1) is 0 Å². The summed E-state index contributed by atoms with van der Waals surface area (Å²) in [5.41, 5.74) is -0.326. The van der Waals surface area contributed by atoms with E-state index in [1.54, 1.807) is 6.26 Å². The lowest BCUT2D eigenvalue weighted by atomic mass is 10.0. The maximum atomic E-state index is 5.91. The van der Waals surface area contributed by atoms with E-state index in [-0.39, 0.29) is 11.6 Å². The van der Waals surface area contributed by atoms with Gasteiger partial charge < -0.3 is 14.1 Å². The Morgan fingerprint density at radius 2 is 2.23 bits per heavy atom. The van der Waals surface area contributed by atoms with Crippen molar-refractivity contribution >= 4 is 5.95 Å². The second kappa shape index (κ2) is 5.76. The van der Waals surface area contributed by atoms with E-state index >= 15 is 0 Å². The van der Waals surface area contributed by atoms with E-state index in [0.29, 0.717) is 6.54 Å². The highest BCUT2D eigenvalue weighted by Gasteiger charge is 2.37. The molecule has 22 heavy (non-hydrogen) atoms. The Morgan fingerprint density at radius 1 is 1.41 bits per heavy atom. The predicted octanol–water partition coefficient (Wildman–Crippen LogP) is 2.85. The summed E-state index contributed by atoms with van der Waals surface area (Å²) in [6.07, 6.45) is 3.75. The molecule has 0 amide bonds. The summed E-state index contributed by atoms with van der Waals surface area (Å²) in [4.78, 5) is 2.19. The van der Waals surface area contributed by atoms with Crippen molar-refractivity contribution in [2.24, 2.45) is 7.05 Å². The minimum atomic E-state index is -0.326. The summed E-state index contributed by atoms with van der Waals surface area (Å²) in [6.45, 7) is 7.85. The first kappa shape index (κ1) is 15.1. The lowest BCUT2D eigenvalue weighted by Gasteiger charge is -2.28. The van der Waals surface area contributed by atoms with Crippen molar-refractivity contribution < 1.29 is 9.15 Å². The van der Waals surface area contributed by atoms with Gasteiger partial charge in [0.15, 0.2) is 5.82 Å². The highest BCUT2D eigenvalue weighted by molar-refractivity contribution is 5.34. The molecule has 120 valence electrons. The Morgan fingerprint density at radius 3 is 2.82 bits per heavy atom. The lowest BCUT2D eigenvalue weighted by Crippen LogP contribution is -2.33. The van der Waals surface area contributed by atoms with Crippen molar-refractivity contribution in [3.05, 3.63) is 30.0 Å². The van der Waals surface area contributed by atoms with E-state index < -0.39 is 0 Å². The largest absolute Gasteiger partial charge is 0.467 e. The van der Waals surface area contributed by atoms with Crippen molar-refractivity contribution in [2.75, 3.05) is 11.5 Å². The van der Waals surface area contributed by atoms with Gasteiger partial charge >= 0.3 is 0 Å². The van der Waals surface area contributed by atoms with Crippen LogP contribution in [-0.4, -0.2) is 27.4 Å². The zero-order valence-corrected chi connectivity index (χ0v) is 13.7. The lowest BCUT2D eigenvalue weighted by molar-refractivity contribution is 0.00697. The summed E-state index contributed by atoms with van der Waals surface area (Å²) in [7, 11) is 2.01. The number of anilines is 1. The molecule has 0 radical (unpaired) electrons. The van der Waals surface area contributed by atoms with Crippen LogP contribution < -0.4 is 4.90 Å². The molecule has 3 rings (SSSR count). The third kappa shape index (κ3) is 2.63. The van der Waals surface area contributed by atoms with Gasteiger partial charge in [-0.1, -0.05) is 0 Å². The van der Waals surface area contributed by atoms with E-state index in [0.717, 1.165) is 37.0 Å². The third-order valence-electron chi connectivity index (χ3n) is 4.33. The molecule has 0 N–H and O–H groups in total. The average Bonchev–Trinajstić information content (AvgIpc) is 3.18. The Kier molecular flexibility index (Phi) is 3.95. The van der Waals surface area contributed by atoms with Crippen LogP contribution in [0.1, 0.15) is 45.2 Å². The van der Waals surface area contributed by atoms with Crippen LogP contribution in [0.4, 0.5) is 5.95 Å². The van der Waals surface area contributed by atoms with E-state index in [9.17, 15) is 0 Å². The van der Waals surface area contributed by atoms with Crippen LogP contribution in [0.15, 0.2) is 22.8 Å². The Labute approximate surface area is 131 Å². The van der Waals surface area contributed by atoms with Gasteiger partial charge in [0.2, 0.25) is 5.95 Å². The number of aromatic nitrogens is 3. The van der Waals surface area contributed by atoms with Gasteiger partial charge in [-0.25, -0.2) is 0 Å². The van der Waals surface area contributed by atoms with Gasteiger partial charge in [0.25, 0.3) is 0 Å². The number of rotatable bonds is 5. The van der Waals surface area contributed by atoms with Gasteiger partial charge in [-0.05, 0) is 45.7 Å². The zero-order valence-electron chi connectivity index (χ0n) is 13.7. The fraction of sp³-hybridized carbons (Fsp3) is 0.625. The normalized spacial score (nSPS) is 21.7. The van der Waals surface area contributed by atoms with Gasteiger partial charge in [-0.3, -0.25) is 4.57 Å². The molecule has 0 spiro atoms. The van der Waals surface area contributed by atoms with Gasteiger partial charge in [-0.15, -0.1) is 10.2 Å². The molecule has 1 saturated heterocycles. The molecular formula is C16H24N4O2. The van der Waals surface area contributed by atoms with Crippen LogP contribution in [-0.2, 0) is 23.9 Å². The highest BCUT2D eigenvalue weighted by Crippen LogP contribution is 2.35. The minimum Gasteiger partial charge on any atom is -0.467 e. The molecule has 1 unspecified atom stereocenters. The van der Waals surface area contributed by atoms with Gasteiger partial charge in [-0.2, -0.15) is 0 Å². The van der Waals surface area contributed by atoms with E-state index in [1.165, 1.54) is 0 Å². The number of nitrogens with zero attached hydrogens (tertiary/aromatic N) is 4. The number of hydrogen-bond donors (Lipinski definition) is 0. The van der Waals surface area contributed by atoms with E-state index in [2.05, 4.69) is 35.9 Å². The second-order valence-corrected chi connectivity index (χ2v) is 6.37. The Bertz CT molecular complexity index is 612. The third-order valence-corrected chi connectivity index (χ3v) is 4.33. The molecule has 6 nitrogen and oxygen atoms in total. The summed E-state index contributed by atoms with van der Waals surface area (Å²) < 4.78 is 13.4. The van der Waals surface area contributed by atoms with Crippen molar-refractivity contribution in [2.45, 2.75) is 51.8 Å². The molecule has 1 aliphatic heterocycles. The van der Waals surface area contributed by atoms with Crippen LogP contribution >= 0.6 is 0 Å². The molecule has 2 aromatic rings. The van der Waals surface area contributed by atoms with Crippen molar-refractivity contribution in [1.82, 2.24) is 14.8 Å². The standard InChI is InChI=1S/C16H24N4O2/c1-12(2)20(11-13-7-5-9-21-13)15-18-17-14(19(15)4)16(3)8-6-10-22-16/h5,7,9,12H,6,8,10-11H2,1-4H3. The maximum Gasteiger partial charge on any atom is 0.227 e. The van der Waals surface area contributed by atoms with Crippen molar-refractivity contribution in [3.63, 3.8) is 0 Å². The first-order valence-corrected chi connectivity index (χ1v) is 7.84. The van der Waals surface area contributed by atoms with Crippen molar-refractivity contribution in [3.8, 4) is 0 Å². The molecule has 3 heterocycles. The SMILES string of the molecule is CC(C)N(Cc1ccco1)c1nnc(C2(C)CCCO2)n1C. The molecule has 1 atom stereocenters. The zero-order chi connectivity index (χ0) is 15.7. The highest BCUT2D eigenvalue weighted by atomic mass is 16.5. The van der Waals surface area contributed by atoms with Crippen LogP contribution in [0.5, 0.6) is 0 Å². The monoisotopic (exact) mass is 304 g/mol. The van der Waals surface area contributed by atoms with Crippen molar-refractivity contribution in [1.29, 1.82) is 0 Å². The molecule has 6 heteroatoms. The van der Waals surface area contributed by atoms with E-state index in [4.69, 9.17) is 9.15 Å². The number of ether oxygens (including phenoxy) is 1. The van der Waals surface area contributed by atoms with E-state index in [1.807, 2.05) is 23.7 Å². The molecular weight excluding hydrogens is 280 g/mol. The number of furan rings is 1. The van der Waals surface area contributed by atoms with Crippen LogP contribution in [0.3, 0.4) is 0 Å². The average molecular weight is 304 g/mol. The fourth-order valence-electron chi connectivity index (χ4n) is 3.04. The number of hydrogen-bond acceptors (Lipinski definition) is 5. The van der Waals surface area contributed by atoms with Gasteiger partial charge in [0.05, 0.1) is 12.8 Å². The minimum absolute atomic E-state index is 0.290. The molecule has 1 fully saturated rings. The summed E-state index contributed by atoms with van der Waals surface area (Å²) in [5.74, 6) is 2.66. The smallest absolute Gasteiger partial charge is 0.227 e. The first-order chi connectivity index (χ1) is 10.5.